The lowest BCUT2D eigenvalue weighted by Crippen LogP contribution is -2.31. The van der Waals surface area contributed by atoms with Gasteiger partial charge in [-0.1, -0.05) is 12.1 Å². The monoisotopic (exact) mass is 414 g/mol. The predicted molar refractivity (Wildman–Crippen MR) is 119 cm³/mol. The van der Waals surface area contributed by atoms with E-state index in [2.05, 4.69) is 39.5 Å². The van der Waals surface area contributed by atoms with E-state index in [4.69, 9.17) is 14.7 Å². The van der Waals surface area contributed by atoms with Crippen LogP contribution >= 0.6 is 11.3 Å². The van der Waals surface area contributed by atoms with Crippen LogP contribution < -0.4 is 4.74 Å². The van der Waals surface area contributed by atoms with Gasteiger partial charge >= 0.3 is 0 Å². The largest absolute Gasteiger partial charge is 0.497 e. The molecule has 1 aliphatic rings. The van der Waals surface area contributed by atoms with Gasteiger partial charge in [-0.3, -0.25) is 9.88 Å². The average Bonchev–Trinajstić information content (AvgIpc) is 3.34. The summed E-state index contributed by atoms with van der Waals surface area (Å²) in [6, 6.07) is 18.4. The molecular weight excluding hydrogens is 392 g/mol. The first-order valence-corrected chi connectivity index (χ1v) is 10.9. The Labute approximate surface area is 180 Å². The molecular formula is C24H22N4OS. The fraction of sp³-hybridized carbons (Fsp3) is 0.208. The highest BCUT2D eigenvalue weighted by atomic mass is 32.1. The molecule has 6 heteroatoms. The lowest BCUT2D eigenvalue weighted by Gasteiger charge is -2.27. The summed E-state index contributed by atoms with van der Waals surface area (Å²) in [5, 5.41) is 2.06. The average molecular weight is 415 g/mol. The van der Waals surface area contributed by atoms with E-state index in [1.54, 1.807) is 18.4 Å². The molecule has 4 aromatic rings. The molecule has 1 aliphatic heterocycles. The van der Waals surface area contributed by atoms with Gasteiger partial charge in [0.1, 0.15) is 5.75 Å². The van der Waals surface area contributed by atoms with E-state index in [-0.39, 0.29) is 0 Å². The zero-order valence-electron chi connectivity index (χ0n) is 16.8. The van der Waals surface area contributed by atoms with Gasteiger partial charge in [-0.2, -0.15) is 0 Å². The summed E-state index contributed by atoms with van der Waals surface area (Å²) >= 11 is 1.68. The Morgan fingerprint density at radius 3 is 2.73 bits per heavy atom. The van der Waals surface area contributed by atoms with E-state index in [9.17, 15) is 0 Å². The van der Waals surface area contributed by atoms with Crippen LogP contribution in [0.25, 0.3) is 22.0 Å². The van der Waals surface area contributed by atoms with E-state index < -0.39 is 0 Å². The fourth-order valence-corrected chi connectivity index (χ4v) is 4.42. The first-order valence-electron chi connectivity index (χ1n) is 10.00. The van der Waals surface area contributed by atoms with Crippen LogP contribution in [0.1, 0.15) is 17.0 Å². The first kappa shape index (κ1) is 18.9. The normalized spacial score (nSPS) is 13.8. The minimum absolute atomic E-state index is 0.816. The van der Waals surface area contributed by atoms with Gasteiger partial charge in [-0.15, -0.1) is 11.3 Å². The third-order valence-electron chi connectivity index (χ3n) is 5.33. The summed E-state index contributed by atoms with van der Waals surface area (Å²) in [7, 11) is 1.68. The molecule has 4 heterocycles. The maximum Gasteiger partial charge on any atom is 0.169 e. The molecule has 0 saturated heterocycles. The van der Waals surface area contributed by atoms with Gasteiger partial charge in [-0.05, 0) is 47.8 Å². The number of hydrogen-bond donors (Lipinski definition) is 0. The molecule has 0 fully saturated rings. The van der Waals surface area contributed by atoms with Gasteiger partial charge in [0.05, 0.1) is 29.1 Å². The van der Waals surface area contributed by atoms with Crippen molar-refractivity contribution in [3.05, 3.63) is 83.1 Å². The topological polar surface area (TPSA) is 51.1 Å². The number of aromatic nitrogens is 3. The molecule has 30 heavy (non-hydrogen) atoms. The van der Waals surface area contributed by atoms with Crippen molar-refractivity contribution >= 4 is 11.3 Å². The third kappa shape index (κ3) is 3.97. The van der Waals surface area contributed by atoms with Gasteiger partial charge in [0.15, 0.2) is 5.82 Å². The number of methoxy groups -OCH3 is 1. The molecule has 0 unspecified atom stereocenters. The van der Waals surface area contributed by atoms with Gasteiger partial charge in [0.25, 0.3) is 0 Å². The Kier molecular flexibility index (Phi) is 5.26. The van der Waals surface area contributed by atoms with Gasteiger partial charge in [0.2, 0.25) is 0 Å². The Hall–Kier alpha value is -3.09. The van der Waals surface area contributed by atoms with Gasteiger partial charge in [-0.25, -0.2) is 9.97 Å². The summed E-state index contributed by atoms with van der Waals surface area (Å²) < 4.78 is 5.25. The van der Waals surface area contributed by atoms with Crippen molar-refractivity contribution in [1.29, 1.82) is 0 Å². The third-order valence-corrected chi connectivity index (χ3v) is 6.20. The Morgan fingerprint density at radius 1 is 1.03 bits per heavy atom. The molecule has 0 spiro atoms. The van der Waals surface area contributed by atoms with Crippen LogP contribution in [0.15, 0.2) is 66.2 Å². The minimum atomic E-state index is 0.816. The molecule has 0 radical (unpaired) electrons. The lowest BCUT2D eigenvalue weighted by atomic mass is 10.1. The smallest absolute Gasteiger partial charge is 0.169 e. The van der Waals surface area contributed by atoms with E-state index in [1.165, 1.54) is 11.3 Å². The quantitative estimate of drug-likeness (QED) is 0.468. The van der Waals surface area contributed by atoms with Gasteiger partial charge in [0, 0.05) is 43.4 Å². The van der Waals surface area contributed by atoms with Crippen LogP contribution in [0.5, 0.6) is 5.75 Å². The molecule has 0 amide bonds. The number of rotatable bonds is 5. The van der Waals surface area contributed by atoms with Crippen molar-refractivity contribution in [2.75, 3.05) is 13.7 Å². The first-order chi connectivity index (χ1) is 14.8. The number of thiophene rings is 1. The molecule has 0 N–H and O–H groups in total. The fourth-order valence-electron chi connectivity index (χ4n) is 3.75. The summed E-state index contributed by atoms with van der Waals surface area (Å²) in [6.45, 7) is 2.65. The summed E-state index contributed by atoms with van der Waals surface area (Å²) in [5.74, 6) is 1.69. The summed E-state index contributed by atoms with van der Waals surface area (Å²) in [6.07, 6.45) is 2.93. The molecule has 5 nitrogen and oxygen atoms in total. The van der Waals surface area contributed by atoms with E-state index >= 15 is 0 Å². The number of fused-ring (bicyclic) bond motifs is 1. The second kappa shape index (κ2) is 8.34. The van der Waals surface area contributed by atoms with Gasteiger partial charge < -0.3 is 4.74 Å². The zero-order chi connectivity index (χ0) is 20.3. The van der Waals surface area contributed by atoms with Crippen LogP contribution in [0, 0.1) is 0 Å². The van der Waals surface area contributed by atoms with Crippen LogP contribution in [0.4, 0.5) is 0 Å². The van der Waals surface area contributed by atoms with E-state index in [1.807, 2.05) is 36.5 Å². The standard InChI is InChI=1S/C24H22N4OS/c1-29-20-9-7-17(8-10-20)21-5-2-4-19(26-21)16-28-12-11-22-18(15-28)14-25-24(27-22)23-6-3-13-30-23/h2-10,13-14H,11-12,15-16H2,1H3. The maximum absolute atomic E-state index is 5.25. The van der Waals surface area contributed by atoms with Crippen molar-refractivity contribution in [2.45, 2.75) is 19.5 Å². The molecule has 150 valence electrons. The van der Waals surface area contributed by atoms with Crippen molar-refractivity contribution in [2.24, 2.45) is 0 Å². The maximum atomic E-state index is 5.25. The van der Waals surface area contributed by atoms with Crippen molar-refractivity contribution < 1.29 is 4.74 Å². The predicted octanol–water partition coefficient (Wildman–Crippen LogP) is 4.83. The number of benzene rings is 1. The number of pyridine rings is 1. The van der Waals surface area contributed by atoms with Crippen molar-refractivity contribution in [3.8, 4) is 27.7 Å². The second-order valence-corrected chi connectivity index (χ2v) is 8.29. The molecule has 0 saturated carbocycles. The lowest BCUT2D eigenvalue weighted by molar-refractivity contribution is 0.240. The molecule has 1 aromatic carbocycles. The summed E-state index contributed by atoms with van der Waals surface area (Å²) in [4.78, 5) is 17.8. The van der Waals surface area contributed by atoms with Crippen LogP contribution in [0.2, 0.25) is 0 Å². The van der Waals surface area contributed by atoms with Crippen LogP contribution in [0.3, 0.4) is 0 Å². The van der Waals surface area contributed by atoms with Crippen LogP contribution in [-0.2, 0) is 19.5 Å². The number of nitrogens with zero attached hydrogens (tertiary/aromatic N) is 4. The Bertz CT molecular complexity index is 1140. The van der Waals surface area contributed by atoms with E-state index in [0.717, 1.165) is 59.5 Å². The van der Waals surface area contributed by atoms with E-state index in [0.29, 0.717) is 0 Å². The molecule has 0 atom stereocenters. The highest BCUT2D eigenvalue weighted by molar-refractivity contribution is 7.13. The SMILES string of the molecule is COc1ccc(-c2cccc(CN3CCc4nc(-c5cccs5)ncc4C3)n2)cc1. The van der Waals surface area contributed by atoms with Crippen molar-refractivity contribution in [3.63, 3.8) is 0 Å². The summed E-state index contributed by atoms with van der Waals surface area (Å²) in [5.41, 5.74) is 5.54. The molecule has 5 rings (SSSR count). The molecule has 0 bridgehead atoms. The van der Waals surface area contributed by atoms with Crippen LogP contribution in [-0.4, -0.2) is 33.5 Å². The zero-order valence-corrected chi connectivity index (χ0v) is 17.6. The molecule has 0 aliphatic carbocycles. The number of ether oxygens (including phenoxy) is 1. The number of hydrogen-bond acceptors (Lipinski definition) is 6. The highest BCUT2D eigenvalue weighted by Crippen LogP contribution is 2.25. The minimum Gasteiger partial charge on any atom is -0.497 e. The highest BCUT2D eigenvalue weighted by Gasteiger charge is 2.19. The second-order valence-electron chi connectivity index (χ2n) is 7.35. The van der Waals surface area contributed by atoms with Crippen molar-refractivity contribution in [1.82, 2.24) is 19.9 Å². The molecule has 3 aromatic heterocycles. The Morgan fingerprint density at radius 2 is 1.93 bits per heavy atom. The Balaban J connectivity index is 1.30.